The zero-order chi connectivity index (χ0) is 13.8. The van der Waals surface area contributed by atoms with Gasteiger partial charge in [0.15, 0.2) is 0 Å². The summed E-state index contributed by atoms with van der Waals surface area (Å²) in [5, 5.41) is 10.2. The number of benzene rings is 1. The van der Waals surface area contributed by atoms with Gasteiger partial charge in [0.1, 0.15) is 12.7 Å². The standard InChI is InChI=1S/C14H17N5O.2ClH/c20-14(13-5-2-6-16-13)18-12-4-1-3-11(7-12)8-19-10-15-9-17-19;;/h1,3-4,7,9-10,13,16H,2,5-6,8H2,(H,18,20);2*1H/t13-;;/m0../s1. The third kappa shape index (κ3) is 4.69. The first-order valence-corrected chi connectivity index (χ1v) is 6.77. The SMILES string of the molecule is Cl.Cl.O=C(Nc1cccc(Cn2cncn2)c1)[C@@H]1CCCN1. The lowest BCUT2D eigenvalue weighted by Crippen LogP contribution is -2.35. The quantitative estimate of drug-likeness (QED) is 0.888. The predicted octanol–water partition coefficient (Wildman–Crippen LogP) is 1.86. The highest BCUT2D eigenvalue weighted by Crippen LogP contribution is 2.14. The van der Waals surface area contributed by atoms with Crippen molar-refractivity contribution in [2.24, 2.45) is 0 Å². The molecule has 2 N–H and O–H groups in total. The van der Waals surface area contributed by atoms with E-state index in [9.17, 15) is 4.79 Å². The van der Waals surface area contributed by atoms with Crippen LogP contribution in [0.3, 0.4) is 0 Å². The molecule has 3 rings (SSSR count). The Kier molecular flexibility index (Phi) is 7.31. The average Bonchev–Trinajstić information content (AvgIpc) is 3.12. The predicted molar refractivity (Wildman–Crippen MR) is 89.7 cm³/mol. The molecule has 1 aliphatic rings. The maximum Gasteiger partial charge on any atom is 0.241 e. The first kappa shape index (κ1) is 18.4. The highest BCUT2D eigenvalue weighted by Gasteiger charge is 2.21. The molecule has 120 valence electrons. The molecule has 0 bridgehead atoms. The Labute approximate surface area is 141 Å². The van der Waals surface area contributed by atoms with Crippen molar-refractivity contribution in [1.29, 1.82) is 0 Å². The fraction of sp³-hybridized carbons (Fsp3) is 0.357. The van der Waals surface area contributed by atoms with Crippen molar-refractivity contribution < 1.29 is 4.79 Å². The van der Waals surface area contributed by atoms with Crippen molar-refractivity contribution in [2.45, 2.75) is 25.4 Å². The fourth-order valence-electron chi connectivity index (χ4n) is 2.39. The lowest BCUT2D eigenvalue weighted by molar-refractivity contribution is -0.117. The van der Waals surface area contributed by atoms with Gasteiger partial charge in [0.05, 0.1) is 12.6 Å². The summed E-state index contributed by atoms with van der Waals surface area (Å²) < 4.78 is 1.75. The Morgan fingerprint density at radius 2 is 2.27 bits per heavy atom. The van der Waals surface area contributed by atoms with Gasteiger partial charge in [-0.05, 0) is 37.1 Å². The highest BCUT2D eigenvalue weighted by molar-refractivity contribution is 5.95. The third-order valence-corrected chi connectivity index (χ3v) is 3.38. The number of carbonyl (C=O) groups is 1. The largest absolute Gasteiger partial charge is 0.325 e. The summed E-state index contributed by atoms with van der Waals surface area (Å²) >= 11 is 0. The Bertz CT molecular complexity index is 585. The molecular weight excluding hydrogens is 325 g/mol. The van der Waals surface area contributed by atoms with Crippen LogP contribution >= 0.6 is 24.8 Å². The molecule has 1 aromatic carbocycles. The summed E-state index contributed by atoms with van der Waals surface area (Å²) in [7, 11) is 0. The summed E-state index contributed by atoms with van der Waals surface area (Å²) in [5.41, 5.74) is 1.90. The molecule has 1 saturated heterocycles. The van der Waals surface area contributed by atoms with E-state index in [1.165, 1.54) is 6.33 Å². The lowest BCUT2D eigenvalue weighted by atomic mass is 10.1. The number of rotatable bonds is 4. The van der Waals surface area contributed by atoms with Gasteiger partial charge in [-0.2, -0.15) is 5.10 Å². The second-order valence-corrected chi connectivity index (χ2v) is 4.93. The van der Waals surface area contributed by atoms with E-state index in [0.29, 0.717) is 6.54 Å². The van der Waals surface area contributed by atoms with Crippen LogP contribution in [0, 0.1) is 0 Å². The van der Waals surface area contributed by atoms with Gasteiger partial charge in [0.2, 0.25) is 5.91 Å². The van der Waals surface area contributed by atoms with Crippen LogP contribution in [-0.4, -0.2) is 33.3 Å². The van der Waals surface area contributed by atoms with Crippen LogP contribution in [0.4, 0.5) is 5.69 Å². The molecule has 0 saturated carbocycles. The molecule has 1 amide bonds. The minimum absolute atomic E-state index is 0. The molecule has 1 fully saturated rings. The van der Waals surface area contributed by atoms with Gasteiger partial charge in [-0.25, -0.2) is 9.67 Å². The number of aromatic nitrogens is 3. The number of hydrogen-bond donors (Lipinski definition) is 2. The van der Waals surface area contributed by atoms with Crippen molar-refractivity contribution in [1.82, 2.24) is 20.1 Å². The van der Waals surface area contributed by atoms with E-state index in [1.807, 2.05) is 24.3 Å². The number of nitrogens with zero attached hydrogens (tertiary/aromatic N) is 3. The number of nitrogens with one attached hydrogen (secondary N) is 2. The summed E-state index contributed by atoms with van der Waals surface area (Å²) in [6, 6.07) is 7.75. The smallest absolute Gasteiger partial charge is 0.241 e. The first-order chi connectivity index (χ1) is 9.81. The second-order valence-electron chi connectivity index (χ2n) is 4.93. The van der Waals surface area contributed by atoms with Gasteiger partial charge < -0.3 is 10.6 Å². The van der Waals surface area contributed by atoms with Crippen LogP contribution in [-0.2, 0) is 11.3 Å². The van der Waals surface area contributed by atoms with Gasteiger partial charge in [0.25, 0.3) is 0 Å². The minimum Gasteiger partial charge on any atom is -0.325 e. The summed E-state index contributed by atoms with van der Waals surface area (Å²) in [4.78, 5) is 16.0. The molecule has 1 aliphatic heterocycles. The van der Waals surface area contributed by atoms with Crippen LogP contribution < -0.4 is 10.6 Å². The summed E-state index contributed by atoms with van der Waals surface area (Å²) in [6.07, 6.45) is 5.15. The third-order valence-electron chi connectivity index (χ3n) is 3.38. The Hall–Kier alpha value is -1.63. The van der Waals surface area contributed by atoms with Crippen molar-refractivity contribution in [3.63, 3.8) is 0 Å². The molecule has 0 spiro atoms. The number of hydrogen-bond acceptors (Lipinski definition) is 4. The number of anilines is 1. The molecule has 1 aromatic heterocycles. The van der Waals surface area contributed by atoms with E-state index in [1.54, 1.807) is 11.0 Å². The molecule has 6 nitrogen and oxygen atoms in total. The maximum absolute atomic E-state index is 12.0. The number of amides is 1. The molecule has 2 aromatic rings. The summed E-state index contributed by atoms with van der Waals surface area (Å²) in [6.45, 7) is 1.57. The summed E-state index contributed by atoms with van der Waals surface area (Å²) in [5.74, 6) is 0.0420. The molecule has 0 aliphatic carbocycles. The monoisotopic (exact) mass is 343 g/mol. The van der Waals surface area contributed by atoms with Gasteiger partial charge in [-0.15, -0.1) is 24.8 Å². The first-order valence-electron chi connectivity index (χ1n) is 6.77. The highest BCUT2D eigenvalue weighted by atomic mass is 35.5. The molecule has 1 atom stereocenters. The molecular formula is C14H19Cl2N5O. The van der Waals surface area contributed by atoms with E-state index in [0.717, 1.165) is 30.6 Å². The van der Waals surface area contributed by atoms with Crippen molar-refractivity contribution in [3.8, 4) is 0 Å². The minimum atomic E-state index is -0.0611. The van der Waals surface area contributed by atoms with Crippen LogP contribution in [0.5, 0.6) is 0 Å². The number of halogens is 2. The molecule has 8 heteroatoms. The molecule has 0 unspecified atom stereocenters. The van der Waals surface area contributed by atoms with E-state index < -0.39 is 0 Å². The van der Waals surface area contributed by atoms with Crippen molar-refractivity contribution >= 4 is 36.4 Å². The van der Waals surface area contributed by atoms with Crippen LogP contribution in [0.25, 0.3) is 0 Å². The fourth-order valence-corrected chi connectivity index (χ4v) is 2.39. The second kappa shape index (κ2) is 8.73. The molecule has 0 radical (unpaired) electrons. The van der Waals surface area contributed by atoms with Gasteiger partial charge in [-0.3, -0.25) is 4.79 Å². The van der Waals surface area contributed by atoms with Gasteiger partial charge >= 0.3 is 0 Å². The van der Waals surface area contributed by atoms with Crippen molar-refractivity contribution in [2.75, 3.05) is 11.9 Å². The topological polar surface area (TPSA) is 71.8 Å². The zero-order valence-corrected chi connectivity index (χ0v) is 13.6. The van der Waals surface area contributed by atoms with Crippen LogP contribution in [0.2, 0.25) is 0 Å². The average molecular weight is 344 g/mol. The zero-order valence-electron chi connectivity index (χ0n) is 11.9. The lowest BCUT2D eigenvalue weighted by Gasteiger charge is -2.12. The van der Waals surface area contributed by atoms with Crippen molar-refractivity contribution in [3.05, 3.63) is 42.5 Å². The van der Waals surface area contributed by atoms with Crippen LogP contribution in [0.1, 0.15) is 18.4 Å². The van der Waals surface area contributed by atoms with Gasteiger partial charge in [0, 0.05) is 5.69 Å². The van der Waals surface area contributed by atoms with Gasteiger partial charge in [-0.1, -0.05) is 12.1 Å². The normalized spacial score (nSPS) is 16.5. The van der Waals surface area contributed by atoms with E-state index in [-0.39, 0.29) is 36.8 Å². The van der Waals surface area contributed by atoms with E-state index in [2.05, 4.69) is 20.7 Å². The molecule has 22 heavy (non-hydrogen) atoms. The van der Waals surface area contributed by atoms with E-state index in [4.69, 9.17) is 0 Å². The Morgan fingerprint density at radius 1 is 1.41 bits per heavy atom. The number of carbonyl (C=O) groups excluding carboxylic acids is 1. The Morgan fingerprint density at radius 3 is 2.95 bits per heavy atom. The molecule has 2 heterocycles. The van der Waals surface area contributed by atoms with Crippen LogP contribution in [0.15, 0.2) is 36.9 Å². The Balaban J connectivity index is 0.00000121. The van der Waals surface area contributed by atoms with E-state index >= 15 is 0 Å². The maximum atomic E-state index is 12.0.